The first-order chi connectivity index (χ1) is 9.65. The zero-order valence-electron chi connectivity index (χ0n) is 10.9. The topological polar surface area (TPSA) is 45.7 Å². The Morgan fingerprint density at radius 1 is 1.25 bits per heavy atom. The molecule has 1 unspecified atom stereocenters. The summed E-state index contributed by atoms with van der Waals surface area (Å²) in [4.78, 5) is 20.2. The maximum absolute atomic E-state index is 11.6. The van der Waals surface area contributed by atoms with Crippen molar-refractivity contribution in [3.8, 4) is 0 Å². The van der Waals surface area contributed by atoms with Gasteiger partial charge in [0, 0.05) is 38.8 Å². The van der Waals surface area contributed by atoms with Gasteiger partial charge in [0.05, 0.1) is 16.7 Å². The maximum Gasteiger partial charge on any atom is 0.323 e. The van der Waals surface area contributed by atoms with Gasteiger partial charge in [0.1, 0.15) is 11.9 Å². The molecule has 3 rings (SSSR count). The first kappa shape index (κ1) is 13.9. The normalized spacial score (nSPS) is 24.0. The van der Waals surface area contributed by atoms with Crippen molar-refractivity contribution in [3.05, 3.63) is 22.3 Å². The van der Waals surface area contributed by atoms with Crippen LogP contribution < -0.4 is 4.90 Å². The lowest BCUT2D eigenvalue weighted by molar-refractivity contribution is -0.142. The average Bonchev–Trinajstić information content (AvgIpc) is 2.85. The summed E-state index contributed by atoms with van der Waals surface area (Å²) in [6.07, 6.45) is 2.39. The molecule has 0 amide bonds. The van der Waals surface area contributed by atoms with E-state index in [4.69, 9.17) is 27.9 Å². The molecular formula is C13H15Cl2N3O2. The van der Waals surface area contributed by atoms with E-state index in [9.17, 15) is 4.79 Å². The van der Waals surface area contributed by atoms with Crippen LogP contribution in [0.5, 0.6) is 0 Å². The van der Waals surface area contributed by atoms with E-state index in [1.807, 2.05) is 0 Å². The fraction of sp³-hybridized carbons (Fsp3) is 0.538. The Bertz CT molecular complexity index is 518. The van der Waals surface area contributed by atoms with E-state index in [-0.39, 0.29) is 12.0 Å². The number of carbonyl (C=O) groups is 1. The highest BCUT2D eigenvalue weighted by Crippen LogP contribution is 2.27. The highest BCUT2D eigenvalue weighted by atomic mass is 35.5. The van der Waals surface area contributed by atoms with Gasteiger partial charge in [-0.3, -0.25) is 9.69 Å². The number of rotatable bonds is 2. The number of hydrogen-bond donors (Lipinski definition) is 0. The molecule has 0 radical (unpaired) electrons. The Labute approximate surface area is 127 Å². The van der Waals surface area contributed by atoms with Gasteiger partial charge in [-0.05, 0) is 6.07 Å². The smallest absolute Gasteiger partial charge is 0.323 e. The van der Waals surface area contributed by atoms with E-state index >= 15 is 0 Å². The molecule has 0 N–H and O–H groups in total. The van der Waals surface area contributed by atoms with Crippen molar-refractivity contribution >= 4 is 35.0 Å². The molecule has 108 valence electrons. The Balaban J connectivity index is 1.65. The first-order valence-electron chi connectivity index (χ1n) is 6.62. The maximum atomic E-state index is 11.6. The number of aromatic nitrogens is 1. The van der Waals surface area contributed by atoms with Crippen LogP contribution in [0.25, 0.3) is 0 Å². The molecule has 2 saturated heterocycles. The van der Waals surface area contributed by atoms with E-state index < -0.39 is 0 Å². The van der Waals surface area contributed by atoms with Crippen LogP contribution in [0.15, 0.2) is 12.3 Å². The van der Waals surface area contributed by atoms with Gasteiger partial charge in [-0.25, -0.2) is 4.98 Å². The van der Waals surface area contributed by atoms with Crippen LogP contribution in [0, 0.1) is 0 Å². The molecule has 1 aromatic heterocycles. The van der Waals surface area contributed by atoms with E-state index in [2.05, 4.69) is 14.8 Å². The number of esters is 1. The fourth-order valence-corrected chi connectivity index (χ4v) is 3.20. The summed E-state index contributed by atoms with van der Waals surface area (Å²) in [5.74, 6) is 0.658. The minimum atomic E-state index is -0.0962. The molecule has 3 heterocycles. The third-order valence-corrected chi connectivity index (χ3v) is 4.24. The number of hydrogen-bond acceptors (Lipinski definition) is 5. The number of halogens is 2. The van der Waals surface area contributed by atoms with Crippen molar-refractivity contribution in [2.45, 2.75) is 12.5 Å². The summed E-state index contributed by atoms with van der Waals surface area (Å²) in [6, 6.07) is 1.62. The van der Waals surface area contributed by atoms with E-state index in [1.165, 1.54) is 0 Å². The first-order valence-corrected chi connectivity index (χ1v) is 7.37. The summed E-state index contributed by atoms with van der Waals surface area (Å²) >= 11 is 12.0. The zero-order chi connectivity index (χ0) is 14.1. The van der Waals surface area contributed by atoms with E-state index in [0.717, 1.165) is 38.4 Å². The van der Waals surface area contributed by atoms with Gasteiger partial charge >= 0.3 is 5.97 Å². The third-order valence-electron chi connectivity index (χ3n) is 3.75. The van der Waals surface area contributed by atoms with Crippen LogP contribution in [-0.2, 0) is 9.53 Å². The average molecular weight is 316 g/mol. The summed E-state index contributed by atoms with van der Waals surface area (Å²) in [7, 11) is 0. The number of anilines is 1. The van der Waals surface area contributed by atoms with Gasteiger partial charge in [-0.15, -0.1) is 0 Å². The lowest BCUT2D eigenvalue weighted by Crippen LogP contribution is -2.51. The van der Waals surface area contributed by atoms with E-state index in [0.29, 0.717) is 16.7 Å². The second kappa shape index (κ2) is 5.76. The van der Waals surface area contributed by atoms with Crippen LogP contribution in [0.1, 0.15) is 6.42 Å². The lowest BCUT2D eigenvalue weighted by Gasteiger charge is -2.37. The molecule has 0 spiro atoms. The molecule has 0 bridgehead atoms. The van der Waals surface area contributed by atoms with Gasteiger partial charge in [-0.2, -0.15) is 0 Å². The second-order valence-corrected chi connectivity index (χ2v) is 5.80. The third kappa shape index (κ3) is 2.71. The summed E-state index contributed by atoms with van der Waals surface area (Å²) < 4.78 is 5.02. The van der Waals surface area contributed by atoms with Gasteiger partial charge in [-0.1, -0.05) is 23.2 Å². The summed E-state index contributed by atoms with van der Waals surface area (Å²) in [5, 5.41) is 1.09. The molecule has 2 fully saturated rings. The Kier molecular flexibility index (Phi) is 4.01. The fourth-order valence-electron chi connectivity index (χ4n) is 2.70. The van der Waals surface area contributed by atoms with Crippen LogP contribution in [0.4, 0.5) is 5.82 Å². The van der Waals surface area contributed by atoms with Crippen molar-refractivity contribution in [2.75, 3.05) is 37.7 Å². The van der Waals surface area contributed by atoms with Crippen LogP contribution in [0.2, 0.25) is 10.0 Å². The molecule has 0 aromatic carbocycles. The summed E-state index contributed by atoms with van der Waals surface area (Å²) in [6.45, 7) is 3.73. The predicted molar refractivity (Wildman–Crippen MR) is 77.4 cm³/mol. The van der Waals surface area contributed by atoms with Crippen molar-refractivity contribution in [1.82, 2.24) is 9.88 Å². The van der Waals surface area contributed by atoms with Crippen molar-refractivity contribution < 1.29 is 9.53 Å². The molecule has 0 saturated carbocycles. The minimum Gasteiger partial charge on any atom is -0.464 e. The molecule has 1 aromatic rings. The molecule has 0 aliphatic carbocycles. The standard InChI is InChI=1S/C13H15Cl2N3O2/c14-9-7-10(15)12(16-8-9)18-4-2-17(3-5-18)11-1-6-20-13(11)19/h7-8,11H,1-6H2. The van der Waals surface area contributed by atoms with Crippen LogP contribution >= 0.6 is 23.2 Å². The molecule has 7 heteroatoms. The second-order valence-electron chi connectivity index (χ2n) is 4.95. The Hall–Kier alpha value is -1.04. The summed E-state index contributed by atoms with van der Waals surface area (Å²) in [5.41, 5.74) is 0. The van der Waals surface area contributed by atoms with Gasteiger partial charge < -0.3 is 9.64 Å². The highest BCUT2D eigenvalue weighted by Gasteiger charge is 2.34. The predicted octanol–water partition coefficient (Wildman–Crippen LogP) is 1.83. The highest BCUT2D eigenvalue weighted by molar-refractivity contribution is 6.36. The quantitative estimate of drug-likeness (QED) is 0.779. The van der Waals surface area contributed by atoms with Gasteiger partial charge in [0.2, 0.25) is 0 Å². The zero-order valence-corrected chi connectivity index (χ0v) is 12.4. The van der Waals surface area contributed by atoms with Crippen molar-refractivity contribution in [3.63, 3.8) is 0 Å². The Morgan fingerprint density at radius 2 is 2.00 bits per heavy atom. The number of carbonyl (C=O) groups excluding carboxylic acids is 1. The number of nitrogens with zero attached hydrogens (tertiary/aromatic N) is 3. The SMILES string of the molecule is O=C1OCCC1N1CCN(c2ncc(Cl)cc2Cl)CC1. The number of cyclic esters (lactones) is 1. The lowest BCUT2D eigenvalue weighted by atomic mass is 10.2. The number of ether oxygens (including phenoxy) is 1. The van der Waals surface area contributed by atoms with Gasteiger partial charge in [0.15, 0.2) is 0 Å². The molecule has 20 heavy (non-hydrogen) atoms. The molecule has 2 aliphatic heterocycles. The number of piperazine rings is 1. The molecule has 5 nitrogen and oxygen atoms in total. The monoisotopic (exact) mass is 315 g/mol. The largest absolute Gasteiger partial charge is 0.464 e. The minimum absolute atomic E-state index is 0.0780. The van der Waals surface area contributed by atoms with E-state index in [1.54, 1.807) is 12.3 Å². The number of pyridine rings is 1. The Morgan fingerprint density at radius 3 is 2.60 bits per heavy atom. The van der Waals surface area contributed by atoms with Crippen LogP contribution in [0.3, 0.4) is 0 Å². The molecule has 2 aliphatic rings. The van der Waals surface area contributed by atoms with Crippen LogP contribution in [-0.4, -0.2) is 54.7 Å². The molecule has 1 atom stereocenters. The van der Waals surface area contributed by atoms with Crippen molar-refractivity contribution in [1.29, 1.82) is 0 Å². The van der Waals surface area contributed by atoms with Gasteiger partial charge in [0.25, 0.3) is 0 Å². The molecular weight excluding hydrogens is 301 g/mol. The van der Waals surface area contributed by atoms with Crippen molar-refractivity contribution in [2.24, 2.45) is 0 Å².